The van der Waals surface area contributed by atoms with Crippen molar-refractivity contribution in [2.45, 2.75) is 13.1 Å². The normalized spacial score (nSPS) is 12.3. The van der Waals surface area contributed by atoms with Gasteiger partial charge in [-0.2, -0.15) is 22.7 Å². The number of aromatic nitrogens is 4. The Kier molecular flexibility index (Phi) is 1.70. The molecule has 0 unspecified atom stereocenters. The second-order valence-corrected chi connectivity index (χ2v) is 2.67. The van der Waals surface area contributed by atoms with Crippen LogP contribution in [0, 0.1) is 13.1 Å². The lowest BCUT2D eigenvalue weighted by atomic mass is 10.5. The summed E-state index contributed by atoms with van der Waals surface area (Å²) in [5.74, 6) is -1.30. The van der Waals surface area contributed by atoms with E-state index in [9.17, 15) is 13.2 Å². The molecule has 1 radical (unpaired) electrons. The fourth-order valence-corrected chi connectivity index (χ4v) is 0.927. The Balaban J connectivity index is 2.63. The summed E-state index contributed by atoms with van der Waals surface area (Å²) >= 11 is 0. The molecule has 2 aromatic heterocycles. The highest BCUT2D eigenvalue weighted by Gasteiger charge is 2.36. The summed E-state index contributed by atoms with van der Waals surface area (Å²) in [6.45, 7) is 1.64. The fourth-order valence-electron chi connectivity index (χ4n) is 0.927. The zero-order valence-electron chi connectivity index (χ0n) is 7.00. The van der Waals surface area contributed by atoms with Gasteiger partial charge in [0.2, 0.25) is 0 Å². The molecule has 0 aliphatic rings. The van der Waals surface area contributed by atoms with Crippen molar-refractivity contribution in [1.82, 2.24) is 19.6 Å². The molecule has 0 fully saturated rings. The molecule has 0 bridgehead atoms. The van der Waals surface area contributed by atoms with E-state index in [1.54, 1.807) is 6.92 Å². The predicted octanol–water partition coefficient (Wildman–Crippen LogP) is 1.25. The van der Waals surface area contributed by atoms with Gasteiger partial charge >= 0.3 is 6.18 Å². The first kappa shape index (κ1) is 8.92. The van der Waals surface area contributed by atoms with Crippen LogP contribution in [0.3, 0.4) is 0 Å². The SMILES string of the molecule is Cc1c[c]n2nc(C(F)(F)F)nc2n1. The van der Waals surface area contributed by atoms with Crippen molar-refractivity contribution in [3.05, 3.63) is 23.8 Å². The van der Waals surface area contributed by atoms with E-state index in [0.717, 1.165) is 4.52 Å². The summed E-state index contributed by atoms with van der Waals surface area (Å²) in [5.41, 5.74) is 0.540. The highest BCUT2D eigenvalue weighted by Crippen LogP contribution is 2.25. The second kappa shape index (κ2) is 2.66. The Hall–Kier alpha value is -1.66. The molecule has 7 heteroatoms. The van der Waals surface area contributed by atoms with Crippen molar-refractivity contribution in [3.63, 3.8) is 0 Å². The van der Waals surface area contributed by atoms with E-state index in [1.165, 1.54) is 6.07 Å². The van der Waals surface area contributed by atoms with E-state index in [2.05, 4.69) is 21.3 Å². The van der Waals surface area contributed by atoms with Crippen molar-refractivity contribution in [2.75, 3.05) is 0 Å². The molecule has 2 rings (SSSR count). The molecule has 0 saturated carbocycles. The summed E-state index contributed by atoms with van der Waals surface area (Å²) in [5, 5.41) is 3.19. The number of hydrogen-bond donors (Lipinski definition) is 0. The van der Waals surface area contributed by atoms with Gasteiger partial charge in [-0.3, -0.25) is 0 Å². The maximum absolute atomic E-state index is 12.1. The van der Waals surface area contributed by atoms with Gasteiger partial charge in [-0.25, -0.2) is 4.98 Å². The minimum Gasteiger partial charge on any atom is -0.216 e. The van der Waals surface area contributed by atoms with Gasteiger partial charge in [0, 0.05) is 5.69 Å². The van der Waals surface area contributed by atoms with Crippen LogP contribution < -0.4 is 0 Å². The van der Waals surface area contributed by atoms with E-state index in [0.29, 0.717) is 5.69 Å². The lowest BCUT2D eigenvalue weighted by molar-refractivity contribution is -0.144. The summed E-state index contributed by atoms with van der Waals surface area (Å²) in [6, 6.07) is 1.43. The number of hydrogen-bond acceptors (Lipinski definition) is 3. The lowest BCUT2D eigenvalue weighted by Crippen LogP contribution is -2.07. The number of aryl methyl sites for hydroxylation is 1. The van der Waals surface area contributed by atoms with Gasteiger partial charge in [0.1, 0.15) is 0 Å². The van der Waals surface area contributed by atoms with Gasteiger partial charge in [0.05, 0.1) is 6.20 Å². The van der Waals surface area contributed by atoms with Crippen molar-refractivity contribution in [2.24, 2.45) is 0 Å². The van der Waals surface area contributed by atoms with Crippen molar-refractivity contribution < 1.29 is 13.2 Å². The van der Waals surface area contributed by atoms with Crippen LogP contribution in [0.15, 0.2) is 6.07 Å². The fraction of sp³-hybridized carbons (Fsp3) is 0.286. The highest BCUT2D eigenvalue weighted by atomic mass is 19.4. The number of alkyl halides is 3. The zero-order valence-corrected chi connectivity index (χ0v) is 7.00. The third-order valence-corrected chi connectivity index (χ3v) is 1.52. The molecule has 4 nitrogen and oxygen atoms in total. The summed E-state index contributed by atoms with van der Waals surface area (Å²) in [6.07, 6.45) is -2.05. The van der Waals surface area contributed by atoms with E-state index >= 15 is 0 Å². The largest absolute Gasteiger partial charge is 0.453 e. The maximum Gasteiger partial charge on any atom is 0.453 e. The van der Waals surface area contributed by atoms with E-state index in [1.807, 2.05) is 0 Å². The van der Waals surface area contributed by atoms with Crippen LogP contribution in [-0.2, 0) is 6.18 Å². The van der Waals surface area contributed by atoms with Gasteiger partial charge in [0.15, 0.2) is 0 Å². The molecular weight excluding hydrogens is 197 g/mol. The van der Waals surface area contributed by atoms with Gasteiger partial charge in [0.25, 0.3) is 11.6 Å². The number of rotatable bonds is 0. The summed E-state index contributed by atoms with van der Waals surface area (Å²) in [7, 11) is 0. The molecule has 14 heavy (non-hydrogen) atoms. The Morgan fingerprint density at radius 3 is 2.71 bits per heavy atom. The van der Waals surface area contributed by atoms with Gasteiger partial charge in [-0.1, -0.05) is 0 Å². The average Bonchev–Trinajstić information content (AvgIpc) is 2.45. The topological polar surface area (TPSA) is 43.1 Å². The Labute approximate surface area is 76.4 Å². The van der Waals surface area contributed by atoms with Crippen LogP contribution in [0.1, 0.15) is 11.5 Å². The first-order valence-corrected chi connectivity index (χ1v) is 3.66. The van der Waals surface area contributed by atoms with E-state index < -0.39 is 12.0 Å². The van der Waals surface area contributed by atoms with Crippen LogP contribution in [-0.4, -0.2) is 19.6 Å². The Bertz CT molecular complexity index is 473. The first-order valence-electron chi connectivity index (χ1n) is 3.66. The minimum absolute atomic E-state index is 0.0997. The monoisotopic (exact) mass is 201 g/mol. The number of fused-ring (bicyclic) bond motifs is 1. The molecule has 2 aromatic rings. The molecule has 0 saturated heterocycles. The molecule has 0 atom stereocenters. The average molecular weight is 201 g/mol. The Morgan fingerprint density at radius 1 is 1.36 bits per heavy atom. The quantitative estimate of drug-likeness (QED) is 0.644. The molecule has 0 N–H and O–H groups in total. The van der Waals surface area contributed by atoms with E-state index in [-0.39, 0.29) is 5.78 Å². The minimum atomic E-state index is -4.55. The van der Waals surface area contributed by atoms with Gasteiger partial charge < -0.3 is 0 Å². The molecule has 0 spiro atoms. The predicted molar refractivity (Wildman–Crippen MR) is 39.4 cm³/mol. The van der Waals surface area contributed by atoms with Crippen molar-refractivity contribution >= 4 is 5.78 Å². The molecule has 0 amide bonds. The van der Waals surface area contributed by atoms with Crippen LogP contribution in [0.5, 0.6) is 0 Å². The van der Waals surface area contributed by atoms with Gasteiger partial charge in [-0.05, 0) is 13.0 Å². The smallest absolute Gasteiger partial charge is 0.216 e. The molecule has 0 aliphatic heterocycles. The van der Waals surface area contributed by atoms with Crippen molar-refractivity contribution in [1.29, 1.82) is 0 Å². The number of nitrogens with zero attached hydrogens (tertiary/aromatic N) is 4. The van der Waals surface area contributed by atoms with Gasteiger partial charge in [-0.15, -0.1) is 5.10 Å². The van der Waals surface area contributed by atoms with Crippen LogP contribution >= 0.6 is 0 Å². The highest BCUT2D eigenvalue weighted by molar-refractivity contribution is 5.27. The third kappa shape index (κ3) is 1.40. The standard InChI is InChI=1S/C7H4F3N4/c1-4-2-3-14-6(11-4)12-5(13-14)7(8,9)10/h2H,1H3. The molecule has 0 aliphatic carbocycles. The molecular formula is C7H4F3N4. The van der Waals surface area contributed by atoms with Crippen molar-refractivity contribution in [3.8, 4) is 0 Å². The second-order valence-electron chi connectivity index (χ2n) is 2.67. The lowest BCUT2D eigenvalue weighted by Gasteiger charge is -1.96. The zero-order chi connectivity index (χ0) is 10.3. The molecule has 2 heterocycles. The number of halogens is 3. The van der Waals surface area contributed by atoms with Crippen LogP contribution in [0.2, 0.25) is 0 Å². The van der Waals surface area contributed by atoms with E-state index in [4.69, 9.17) is 0 Å². The Morgan fingerprint density at radius 2 is 2.07 bits per heavy atom. The first-order chi connectivity index (χ1) is 6.47. The molecule has 0 aromatic carbocycles. The van der Waals surface area contributed by atoms with Crippen LogP contribution in [0.4, 0.5) is 13.2 Å². The summed E-state index contributed by atoms with van der Waals surface area (Å²) in [4.78, 5) is 7.00. The van der Waals surface area contributed by atoms with Crippen LogP contribution in [0.25, 0.3) is 5.78 Å². The maximum atomic E-state index is 12.1. The third-order valence-electron chi connectivity index (χ3n) is 1.52. The molecule has 73 valence electrons. The summed E-state index contributed by atoms with van der Waals surface area (Å²) < 4.78 is 37.3.